The van der Waals surface area contributed by atoms with Gasteiger partial charge < -0.3 is 9.32 Å². The maximum Gasteiger partial charge on any atom is 0.416 e. The molecule has 1 unspecified atom stereocenters. The molecule has 3 aromatic carbocycles. The summed E-state index contributed by atoms with van der Waals surface area (Å²) in [6.07, 6.45) is -2.83. The van der Waals surface area contributed by atoms with E-state index in [1.54, 1.807) is 4.90 Å². The maximum atomic E-state index is 13.1. The van der Waals surface area contributed by atoms with E-state index in [9.17, 15) is 18.0 Å². The van der Waals surface area contributed by atoms with Crippen LogP contribution in [0.4, 0.5) is 13.2 Å². The van der Waals surface area contributed by atoms with Gasteiger partial charge in [0.1, 0.15) is 0 Å². The standard InChI is InChI=1S/C27H22F3N3O2/c28-27(29,30)23-14-12-20(13-15-23)24-31-32-25(35-24)22-7-4-16-33(17-22)26(34)21-10-8-19(9-11-21)18-5-2-1-3-6-18/h1-3,5-6,8-15,22H,4,7,16-17H2. The number of amides is 1. The molecule has 1 fully saturated rings. The fraction of sp³-hybridized carbons (Fsp3) is 0.222. The lowest BCUT2D eigenvalue weighted by molar-refractivity contribution is -0.137. The molecule has 1 aliphatic rings. The Morgan fingerprint density at radius 3 is 2.20 bits per heavy atom. The second-order valence-corrected chi connectivity index (χ2v) is 8.55. The van der Waals surface area contributed by atoms with E-state index in [1.807, 2.05) is 54.6 Å². The van der Waals surface area contributed by atoms with Crippen molar-refractivity contribution in [3.05, 3.63) is 95.9 Å². The number of halogens is 3. The molecule has 8 heteroatoms. The highest BCUT2D eigenvalue weighted by Crippen LogP contribution is 2.32. The predicted molar refractivity (Wildman–Crippen MR) is 124 cm³/mol. The smallest absolute Gasteiger partial charge is 0.416 e. The lowest BCUT2D eigenvalue weighted by atomic mass is 9.97. The number of rotatable bonds is 4. The topological polar surface area (TPSA) is 59.2 Å². The van der Waals surface area contributed by atoms with Crippen molar-refractivity contribution < 1.29 is 22.4 Å². The fourth-order valence-corrected chi connectivity index (χ4v) is 4.30. The molecule has 35 heavy (non-hydrogen) atoms. The summed E-state index contributed by atoms with van der Waals surface area (Å²) in [6.45, 7) is 1.07. The number of piperidine rings is 1. The molecule has 0 saturated carbocycles. The Morgan fingerprint density at radius 1 is 0.857 bits per heavy atom. The van der Waals surface area contributed by atoms with Gasteiger partial charge in [-0.3, -0.25) is 4.79 Å². The molecule has 1 aliphatic heterocycles. The highest BCUT2D eigenvalue weighted by Gasteiger charge is 2.31. The van der Waals surface area contributed by atoms with E-state index < -0.39 is 11.7 Å². The van der Waals surface area contributed by atoms with E-state index in [4.69, 9.17) is 4.42 Å². The molecule has 1 atom stereocenters. The summed E-state index contributed by atoms with van der Waals surface area (Å²) >= 11 is 0. The van der Waals surface area contributed by atoms with Crippen molar-refractivity contribution in [1.29, 1.82) is 0 Å². The van der Waals surface area contributed by atoms with Crippen LogP contribution in [0.1, 0.15) is 40.6 Å². The molecule has 4 aromatic rings. The van der Waals surface area contributed by atoms with E-state index in [-0.39, 0.29) is 17.7 Å². The number of aromatic nitrogens is 2. The zero-order valence-corrected chi connectivity index (χ0v) is 18.7. The van der Waals surface area contributed by atoms with Crippen molar-refractivity contribution in [1.82, 2.24) is 15.1 Å². The van der Waals surface area contributed by atoms with Gasteiger partial charge in [0.05, 0.1) is 11.5 Å². The van der Waals surface area contributed by atoms with Gasteiger partial charge in [-0.2, -0.15) is 13.2 Å². The largest absolute Gasteiger partial charge is 0.420 e. The average molecular weight is 477 g/mol. The molecular weight excluding hydrogens is 455 g/mol. The average Bonchev–Trinajstić information content (AvgIpc) is 3.39. The first-order valence-electron chi connectivity index (χ1n) is 11.3. The summed E-state index contributed by atoms with van der Waals surface area (Å²) < 4.78 is 44.2. The fourth-order valence-electron chi connectivity index (χ4n) is 4.30. The van der Waals surface area contributed by atoms with Crippen LogP contribution in [0.25, 0.3) is 22.6 Å². The van der Waals surface area contributed by atoms with E-state index >= 15 is 0 Å². The second-order valence-electron chi connectivity index (χ2n) is 8.55. The molecule has 178 valence electrons. The van der Waals surface area contributed by atoms with Crippen molar-refractivity contribution in [3.8, 4) is 22.6 Å². The van der Waals surface area contributed by atoms with E-state index in [1.165, 1.54) is 12.1 Å². The van der Waals surface area contributed by atoms with Crippen molar-refractivity contribution >= 4 is 5.91 Å². The Labute approximate surface area is 200 Å². The molecule has 1 amide bonds. The Bertz CT molecular complexity index is 1300. The van der Waals surface area contributed by atoms with Crippen molar-refractivity contribution in [2.75, 3.05) is 13.1 Å². The van der Waals surface area contributed by atoms with Crippen LogP contribution in [0.15, 0.2) is 83.3 Å². The van der Waals surface area contributed by atoms with Crippen molar-refractivity contribution in [3.63, 3.8) is 0 Å². The summed E-state index contributed by atoms with van der Waals surface area (Å²) in [5.41, 5.74) is 2.42. The molecule has 1 aromatic heterocycles. The van der Waals surface area contributed by atoms with Crippen molar-refractivity contribution in [2.24, 2.45) is 0 Å². The molecule has 5 nitrogen and oxygen atoms in total. The normalized spacial score (nSPS) is 16.3. The number of nitrogens with zero attached hydrogens (tertiary/aromatic N) is 3. The first-order valence-corrected chi connectivity index (χ1v) is 11.3. The minimum atomic E-state index is -4.40. The van der Waals surface area contributed by atoms with Gasteiger partial charge in [-0.15, -0.1) is 10.2 Å². The van der Waals surface area contributed by atoms with E-state index in [2.05, 4.69) is 10.2 Å². The Kier molecular flexibility index (Phi) is 6.11. The summed E-state index contributed by atoms with van der Waals surface area (Å²) in [7, 11) is 0. The summed E-state index contributed by atoms with van der Waals surface area (Å²) in [5, 5.41) is 8.14. The van der Waals surface area contributed by atoms with E-state index in [0.717, 1.165) is 36.1 Å². The quantitative estimate of drug-likeness (QED) is 0.339. The lowest BCUT2D eigenvalue weighted by Gasteiger charge is -2.31. The summed E-state index contributed by atoms with van der Waals surface area (Å²) in [4.78, 5) is 14.9. The van der Waals surface area contributed by atoms with E-state index in [0.29, 0.717) is 30.1 Å². The van der Waals surface area contributed by atoms with Crippen LogP contribution in [0.3, 0.4) is 0 Å². The van der Waals surface area contributed by atoms with Gasteiger partial charge in [0.25, 0.3) is 5.91 Å². The molecule has 0 radical (unpaired) electrons. The number of hydrogen-bond donors (Lipinski definition) is 0. The molecular formula is C27H22F3N3O2. The number of carbonyl (C=O) groups is 1. The predicted octanol–water partition coefficient (Wildman–Crippen LogP) is 6.44. The summed E-state index contributed by atoms with van der Waals surface area (Å²) in [6, 6.07) is 22.1. The van der Waals surface area contributed by atoms with Gasteiger partial charge in [-0.25, -0.2) is 0 Å². The molecule has 0 spiro atoms. The summed E-state index contributed by atoms with van der Waals surface area (Å²) in [5.74, 6) is 0.356. The van der Waals surface area contributed by atoms with Gasteiger partial charge >= 0.3 is 6.18 Å². The Balaban J connectivity index is 1.27. The first kappa shape index (κ1) is 22.8. The highest BCUT2D eigenvalue weighted by molar-refractivity contribution is 5.94. The zero-order valence-electron chi connectivity index (χ0n) is 18.7. The van der Waals surface area contributed by atoms with Crippen LogP contribution in [0, 0.1) is 0 Å². The molecule has 1 saturated heterocycles. The number of alkyl halides is 3. The number of benzene rings is 3. The van der Waals surface area contributed by atoms with Crippen molar-refractivity contribution in [2.45, 2.75) is 24.9 Å². The van der Waals surface area contributed by atoms with Gasteiger partial charge in [-0.05, 0) is 60.4 Å². The Morgan fingerprint density at radius 2 is 1.51 bits per heavy atom. The maximum absolute atomic E-state index is 13.1. The number of hydrogen-bond acceptors (Lipinski definition) is 4. The SMILES string of the molecule is O=C(c1ccc(-c2ccccc2)cc1)N1CCCC(c2nnc(-c3ccc(C(F)(F)F)cc3)o2)C1. The van der Waals surface area contributed by atoms with Gasteiger partial charge in [0, 0.05) is 24.2 Å². The van der Waals surface area contributed by atoms with Crippen LogP contribution in [0.5, 0.6) is 0 Å². The third-order valence-corrected chi connectivity index (χ3v) is 6.20. The van der Waals surface area contributed by atoms with Crippen LogP contribution in [-0.4, -0.2) is 34.1 Å². The van der Waals surface area contributed by atoms with Gasteiger partial charge in [0.2, 0.25) is 11.8 Å². The zero-order chi connectivity index (χ0) is 24.4. The number of carbonyl (C=O) groups excluding carboxylic acids is 1. The third-order valence-electron chi connectivity index (χ3n) is 6.20. The molecule has 0 N–H and O–H groups in total. The minimum absolute atomic E-state index is 0.0585. The van der Waals surface area contributed by atoms with Crippen LogP contribution >= 0.6 is 0 Å². The van der Waals surface area contributed by atoms with Crippen LogP contribution < -0.4 is 0 Å². The molecule has 0 bridgehead atoms. The Hall–Kier alpha value is -3.94. The monoisotopic (exact) mass is 477 g/mol. The lowest BCUT2D eigenvalue weighted by Crippen LogP contribution is -2.39. The molecule has 5 rings (SSSR count). The second kappa shape index (κ2) is 9.37. The van der Waals surface area contributed by atoms with Crippen LogP contribution in [-0.2, 0) is 6.18 Å². The molecule has 0 aliphatic carbocycles. The van der Waals surface area contributed by atoms with Crippen LogP contribution in [0.2, 0.25) is 0 Å². The highest BCUT2D eigenvalue weighted by atomic mass is 19.4. The number of likely N-dealkylation sites (tertiary alicyclic amines) is 1. The minimum Gasteiger partial charge on any atom is -0.420 e. The van der Waals surface area contributed by atoms with Gasteiger partial charge in [0.15, 0.2) is 0 Å². The first-order chi connectivity index (χ1) is 16.9. The van der Waals surface area contributed by atoms with Gasteiger partial charge in [-0.1, -0.05) is 42.5 Å². The molecule has 2 heterocycles. The third kappa shape index (κ3) is 4.96.